The van der Waals surface area contributed by atoms with Gasteiger partial charge in [-0.15, -0.1) is 0 Å². The zero-order valence-corrected chi connectivity index (χ0v) is 14.3. The lowest BCUT2D eigenvalue weighted by molar-refractivity contribution is 0.0948. The summed E-state index contributed by atoms with van der Waals surface area (Å²) >= 11 is 1.82. The number of thioether (sulfide) groups is 1. The molecule has 4 nitrogen and oxygen atoms in total. The first-order valence-electron chi connectivity index (χ1n) is 7.60. The van der Waals surface area contributed by atoms with Gasteiger partial charge in [-0.2, -0.15) is 11.8 Å². The van der Waals surface area contributed by atoms with Crippen LogP contribution in [0.4, 0.5) is 5.82 Å². The summed E-state index contributed by atoms with van der Waals surface area (Å²) in [6, 6.07) is 3.49. The molecular formula is C16H27N3OS. The van der Waals surface area contributed by atoms with Crippen molar-refractivity contribution in [3.63, 3.8) is 0 Å². The van der Waals surface area contributed by atoms with E-state index < -0.39 is 0 Å². The lowest BCUT2D eigenvalue weighted by Gasteiger charge is -2.29. The summed E-state index contributed by atoms with van der Waals surface area (Å²) in [5.41, 5.74) is 7.28. The molecule has 0 unspecified atom stereocenters. The molecule has 1 aromatic heterocycles. The van der Waals surface area contributed by atoms with Crippen LogP contribution in [0.25, 0.3) is 0 Å². The van der Waals surface area contributed by atoms with Crippen LogP contribution in [0.2, 0.25) is 0 Å². The Kier molecular flexibility index (Phi) is 7.02. The summed E-state index contributed by atoms with van der Waals surface area (Å²) in [5, 5.41) is 3.05. The second-order valence-electron chi connectivity index (χ2n) is 5.30. The van der Waals surface area contributed by atoms with Crippen LogP contribution in [0.1, 0.15) is 56.1 Å². The number of nitrogens with zero attached hydrogens (tertiary/aromatic N) is 1. The average Bonchev–Trinajstić information content (AvgIpc) is 2.48. The van der Waals surface area contributed by atoms with Crippen molar-refractivity contribution >= 4 is 23.5 Å². The number of pyridine rings is 1. The SMILES string of the molecule is CCCc1cc(C(=O)NCC(CC)(CC)SC)cc(N)n1. The van der Waals surface area contributed by atoms with Crippen molar-refractivity contribution in [1.82, 2.24) is 10.3 Å². The molecule has 1 rings (SSSR count). The Labute approximate surface area is 132 Å². The highest BCUT2D eigenvalue weighted by atomic mass is 32.2. The van der Waals surface area contributed by atoms with Crippen LogP contribution >= 0.6 is 11.8 Å². The molecule has 0 fully saturated rings. The van der Waals surface area contributed by atoms with E-state index in [9.17, 15) is 4.79 Å². The molecule has 0 aliphatic heterocycles. The first-order valence-corrected chi connectivity index (χ1v) is 8.82. The number of carbonyl (C=O) groups excluding carboxylic acids is 1. The maximum atomic E-state index is 12.3. The minimum atomic E-state index is -0.0678. The predicted octanol–water partition coefficient (Wildman–Crippen LogP) is 3.27. The Morgan fingerprint density at radius 2 is 2.00 bits per heavy atom. The Bertz CT molecular complexity index is 464. The Morgan fingerprint density at radius 3 is 2.52 bits per heavy atom. The standard InChI is InChI=1S/C16H27N3OS/c1-5-8-13-9-12(10-14(17)19-13)15(20)18-11-16(6-2,7-3)21-4/h9-10H,5-8,11H2,1-4H3,(H2,17,19)(H,18,20). The molecule has 118 valence electrons. The van der Waals surface area contributed by atoms with Crippen molar-refractivity contribution in [2.24, 2.45) is 0 Å². The molecule has 0 spiro atoms. The molecule has 1 amide bonds. The van der Waals surface area contributed by atoms with E-state index >= 15 is 0 Å². The van der Waals surface area contributed by atoms with E-state index in [2.05, 4.69) is 37.3 Å². The van der Waals surface area contributed by atoms with Crippen molar-refractivity contribution in [3.05, 3.63) is 23.4 Å². The number of carbonyl (C=O) groups is 1. The highest BCUT2D eigenvalue weighted by Crippen LogP contribution is 2.29. The van der Waals surface area contributed by atoms with Crippen LogP contribution in [-0.2, 0) is 6.42 Å². The van der Waals surface area contributed by atoms with Crippen LogP contribution in [0.5, 0.6) is 0 Å². The van der Waals surface area contributed by atoms with Gasteiger partial charge in [-0.25, -0.2) is 4.98 Å². The number of hydrogen-bond acceptors (Lipinski definition) is 4. The van der Waals surface area contributed by atoms with E-state index in [4.69, 9.17) is 5.73 Å². The van der Waals surface area contributed by atoms with Gasteiger partial charge >= 0.3 is 0 Å². The number of aromatic nitrogens is 1. The minimum absolute atomic E-state index is 0.0678. The number of rotatable bonds is 8. The lowest BCUT2D eigenvalue weighted by atomic mass is 10.0. The highest BCUT2D eigenvalue weighted by molar-refractivity contribution is 8.00. The Hall–Kier alpha value is -1.23. The van der Waals surface area contributed by atoms with Gasteiger partial charge in [0.1, 0.15) is 5.82 Å². The first kappa shape index (κ1) is 17.8. The molecule has 0 radical (unpaired) electrons. The number of nitrogen functional groups attached to an aromatic ring is 1. The van der Waals surface area contributed by atoms with Crippen LogP contribution in [0.3, 0.4) is 0 Å². The highest BCUT2D eigenvalue weighted by Gasteiger charge is 2.25. The molecule has 1 aromatic rings. The fourth-order valence-corrected chi connectivity index (χ4v) is 3.12. The third-order valence-electron chi connectivity index (χ3n) is 3.96. The predicted molar refractivity (Wildman–Crippen MR) is 91.8 cm³/mol. The smallest absolute Gasteiger partial charge is 0.251 e. The van der Waals surface area contributed by atoms with Gasteiger partial charge in [0.25, 0.3) is 5.91 Å². The molecule has 0 saturated carbocycles. The van der Waals surface area contributed by atoms with Crippen molar-refractivity contribution in [1.29, 1.82) is 0 Å². The van der Waals surface area contributed by atoms with Crippen LogP contribution in [0.15, 0.2) is 12.1 Å². The van der Waals surface area contributed by atoms with E-state index in [1.165, 1.54) is 0 Å². The zero-order chi connectivity index (χ0) is 15.9. The van der Waals surface area contributed by atoms with Gasteiger partial charge in [0.2, 0.25) is 0 Å². The van der Waals surface area contributed by atoms with Gasteiger partial charge in [0, 0.05) is 22.5 Å². The van der Waals surface area contributed by atoms with Crippen LogP contribution < -0.4 is 11.1 Å². The first-order chi connectivity index (χ1) is 10.00. The fraction of sp³-hybridized carbons (Fsp3) is 0.625. The molecule has 0 aliphatic carbocycles. The van der Waals surface area contributed by atoms with Crippen LogP contribution in [0, 0.1) is 0 Å². The fourth-order valence-electron chi connectivity index (χ4n) is 2.33. The van der Waals surface area contributed by atoms with E-state index in [1.54, 1.807) is 6.07 Å². The number of hydrogen-bond donors (Lipinski definition) is 2. The maximum Gasteiger partial charge on any atom is 0.251 e. The third kappa shape index (κ3) is 4.92. The summed E-state index contributed by atoms with van der Waals surface area (Å²) < 4.78 is 0.112. The normalized spacial score (nSPS) is 11.4. The molecule has 0 bridgehead atoms. The van der Waals surface area contributed by atoms with Gasteiger partial charge in [0.05, 0.1) is 0 Å². The second-order valence-corrected chi connectivity index (χ2v) is 6.57. The summed E-state index contributed by atoms with van der Waals surface area (Å²) in [7, 11) is 0. The molecule has 5 heteroatoms. The van der Waals surface area contributed by atoms with E-state index in [1.807, 2.05) is 17.8 Å². The monoisotopic (exact) mass is 309 g/mol. The zero-order valence-electron chi connectivity index (χ0n) is 13.5. The van der Waals surface area contributed by atoms with Crippen molar-refractivity contribution in [3.8, 4) is 0 Å². The van der Waals surface area contributed by atoms with E-state index in [0.29, 0.717) is 17.9 Å². The summed E-state index contributed by atoms with van der Waals surface area (Å²) in [6.07, 6.45) is 5.99. The second kappa shape index (κ2) is 8.27. The molecule has 0 aromatic carbocycles. The molecule has 0 atom stereocenters. The molecule has 0 saturated heterocycles. The van der Waals surface area contributed by atoms with Crippen molar-refractivity contribution in [2.75, 3.05) is 18.5 Å². The lowest BCUT2D eigenvalue weighted by Crippen LogP contribution is -2.39. The summed E-state index contributed by atoms with van der Waals surface area (Å²) in [4.78, 5) is 16.6. The van der Waals surface area contributed by atoms with E-state index in [-0.39, 0.29) is 10.7 Å². The molecule has 3 N–H and O–H groups in total. The largest absolute Gasteiger partial charge is 0.384 e. The van der Waals surface area contributed by atoms with E-state index in [0.717, 1.165) is 31.4 Å². The average molecular weight is 309 g/mol. The summed E-state index contributed by atoms with van der Waals surface area (Å²) in [5.74, 6) is 0.343. The number of aryl methyl sites for hydroxylation is 1. The van der Waals surface area contributed by atoms with Gasteiger partial charge in [-0.1, -0.05) is 27.2 Å². The number of nitrogens with one attached hydrogen (secondary N) is 1. The summed E-state index contributed by atoms with van der Waals surface area (Å²) in [6.45, 7) is 7.08. The Morgan fingerprint density at radius 1 is 1.33 bits per heavy atom. The molecule has 21 heavy (non-hydrogen) atoms. The number of amides is 1. The number of anilines is 1. The molecule has 0 aliphatic rings. The minimum Gasteiger partial charge on any atom is -0.384 e. The quantitative estimate of drug-likeness (QED) is 0.773. The van der Waals surface area contributed by atoms with Crippen molar-refractivity contribution < 1.29 is 4.79 Å². The molecule has 1 heterocycles. The van der Waals surface area contributed by atoms with Gasteiger partial charge < -0.3 is 11.1 Å². The van der Waals surface area contributed by atoms with Gasteiger partial charge in [0.15, 0.2) is 0 Å². The maximum absolute atomic E-state index is 12.3. The Balaban J connectivity index is 2.80. The topological polar surface area (TPSA) is 68.0 Å². The van der Waals surface area contributed by atoms with Gasteiger partial charge in [-0.3, -0.25) is 4.79 Å². The molecular weight excluding hydrogens is 282 g/mol. The van der Waals surface area contributed by atoms with Crippen molar-refractivity contribution in [2.45, 2.75) is 51.2 Å². The third-order valence-corrected chi connectivity index (χ3v) is 5.55. The van der Waals surface area contributed by atoms with Crippen LogP contribution in [-0.4, -0.2) is 28.4 Å². The van der Waals surface area contributed by atoms with Gasteiger partial charge in [-0.05, 0) is 37.7 Å². The number of nitrogens with two attached hydrogens (primary N) is 1.